The van der Waals surface area contributed by atoms with Crippen LogP contribution in [0.2, 0.25) is 0 Å². The maximum atomic E-state index is 5.73. The van der Waals surface area contributed by atoms with Gasteiger partial charge in [0, 0.05) is 17.8 Å². The third kappa shape index (κ3) is 3.25. The van der Waals surface area contributed by atoms with Crippen molar-refractivity contribution < 1.29 is 4.52 Å². The third-order valence-corrected chi connectivity index (χ3v) is 3.35. The van der Waals surface area contributed by atoms with Crippen LogP contribution in [0.15, 0.2) is 40.9 Å². The quantitative estimate of drug-likeness (QED) is 0.778. The Morgan fingerprint density at radius 3 is 2.86 bits per heavy atom. The van der Waals surface area contributed by atoms with Crippen LogP contribution in [0, 0.1) is 0 Å². The van der Waals surface area contributed by atoms with Crippen LogP contribution >= 0.6 is 0 Å². The van der Waals surface area contributed by atoms with Gasteiger partial charge >= 0.3 is 0 Å². The largest absolute Gasteiger partial charge is 0.339 e. The highest BCUT2D eigenvalue weighted by atomic mass is 16.5. The number of para-hydroxylation sites is 1. The minimum absolute atomic E-state index is 0.203. The molecular weight excluding hydrogens is 264 g/mol. The zero-order valence-corrected chi connectivity index (χ0v) is 12.0. The van der Waals surface area contributed by atoms with E-state index in [1.807, 2.05) is 43.3 Å². The lowest BCUT2D eigenvalue weighted by atomic mass is 10.1. The van der Waals surface area contributed by atoms with Gasteiger partial charge in [0.05, 0.1) is 5.52 Å². The van der Waals surface area contributed by atoms with Gasteiger partial charge < -0.3 is 10.3 Å². The Balaban J connectivity index is 1.77. The van der Waals surface area contributed by atoms with Gasteiger partial charge in [-0.15, -0.1) is 0 Å². The van der Waals surface area contributed by atoms with Gasteiger partial charge in [0.2, 0.25) is 11.7 Å². The number of aryl methyl sites for hydroxylation is 1. The summed E-state index contributed by atoms with van der Waals surface area (Å²) in [5.74, 6) is 1.18. The number of hydrogen-bond donors (Lipinski definition) is 1. The second-order valence-electron chi connectivity index (χ2n) is 5.27. The van der Waals surface area contributed by atoms with E-state index in [0.717, 1.165) is 35.9 Å². The molecule has 3 aromatic rings. The van der Waals surface area contributed by atoms with E-state index in [4.69, 9.17) is 10.3 Å². The molecule has 0 amide bonds. The van der Waals surface area contributed by atoms with Gasteiger partial charge in [-0.3, -0.25) is 0 Å². The lowest BCUT2D eigenvalue weighted by Gasteiger charge is -2.01. The minimum Gasteiger partial charge on any atom is -0.339 e. The molecule has 0 aliphatic rings. The summed E-state index contributed by atoms with van der Waals surface area (Å²) in [7, 11) is 0. The summed E-state index contributed by atoms with van der Waals surface area (Å²) in [5.41, 5.74) is 7.39. The van der Waals surface area contributed by atoms with Crippen LogP contribution in [0.4, 0.5) is 0 Å². The summed E-state index contributed by atoms with van der Waals surface area (Å²) >= 11 is 0. The van der Waals surface area contributed by atoms with Crippen LogP contribution < -0.4 is 5.73 Å². The molecule has 0 saturated heterocycles. The van der Waals surface area contributed by atoms with E-state index in [1.165, 1.54) is 0 Å². The fraction of sp³-hybridized carbons (Fsp3) is 0.312. The molecule has 1 aromatic carbocycles. The number of nitrogens with zero attached hydrogens (tertiary/aromatic N) is 3. The molecule has 0 spiro atoms. The maximum Gasteiger partial charge on any atom is 0.227 e. The van der Waals surface area contributed by atoms with Crippen molar-refractivity contribution in [2.45, 2.75) is 32.2 Å². The number of fused-ring (bicyclic) bond motifs is 1. The van der Waals surface area contributed by atoms with E-state index in [2.05, 4.69) is 15.1 Å². The van der Waals surface area contributed by atoms with E-state index in [1.54, 1.807) is 0 Å². The lowest BCUT2D eigenvalue weighted by Crippen LogP contribution is -2.14. The second kappa shape index (κ2) is 6.01. The molecule has 5 nitrogen and oxygen atoms in total. The number of rotatable bonds is 5. The van der Waals surface area contributed by atoms with E-state index in [-0.39, 0.29) is 6.04 Å². The van der Waals surface area contributed by atoms with Gasteiger partial charge in [0.25, 0.3) is 0 Å². The minimum atomic E-state index is 0.203. The van der Waals surface area contributed by atoms with Gasteiger partial charge in [0.1, 0.15) is 5.69 Å². The molecule has 0 aliphatic heterocycles. The summed E-state index contributed by atoms with van der Waals surface area (Å²) in [4.78, 5) is 8.97. The fourth-order valence-corrected chi connectivity index (χ4v) is 2.23. The molecule has 108 valence electrons. The van der Waals surface area contributed by atoms with Crippen molar-refractivity contribution in [3.63, 3.8) is 0 Å². The first-order valence-corrected chi connectivity index (χ1v) is 7.17. The number of nitrogens with two attached hydrogens (primary N) is 1. The van der Waals surface area contributed by atoms with Gasteiger partial charge in [-0.2, -0.15) is 4.98 Å². The zero-order chi connectivity index (χ0) is 14.7. The van der Waals surface area contributed by atoms with Gasteiger partial charge in [0.15, 0.2) is 0 Å². The van der Waals surface area contributed by atoms with Crippen molar-refractivity contribution in [2.75, 3.05) is 0 Å². The van der Waals surface area contributed by atoms with Gasteiger partial charge in [-0.1, -0.05) is 29.4 Å². The van der Waals surface area contributed by atoms with Crippen molar-refractivity contribution >= 4 is 10.9 Å². The molecule has 1 atom stereocenters. The normalized spacial score (nSPS) is 12.7. The highest BCUT2D eigenvalue weighted by Gasteiger charge is 2.10. The average Bonchev–Trinajstić information content (AvgIpc) is 2.95. The molecule has 0 bridgehead atoms. The molecule has 0 fully saturated rings. The Morgan fingerprint density at radius 1 is 1.14 bits per heavy atom. The number of pyridine rings is 1. The summed E-state index contributed by atoms with van der Waals surface area (Å²) in [6, 6.07) is 12.1. The van der Waals surface area contributed by atoms with Crippen molar-refractivity contribution in [1.29, 1.82) is 0 Å². The summed E-state index contributed by atoms with van der Waals surface area (Å²) in [6.07, 6.45) is 2.65. The molecule has 2 N–H and O–H groups in total. The fourth-order valence-electron chi connectivity index (χ4n) is 2.23. The highest BCUT2D eigenvalue weighted by molar-refractivity contribution is 5.80. The van der Waals surface area contributed by atoms with Crippen LogP contribution in [0.1, 0.15) is 25.7 Å². The summed E-state index contributed by atoms with van der Waals surface area (Å²) < 4.78 is 5.27. The Bertz CT molecular complexity index is 736. The monoisotopic (exact) mass is 282 g/mol. The molecule has 2 aromatic heterocycles. The van der Waals surface area contributed by atoms with Crippen LogP contribution in [0.5, 0.6) is 0 Å². The molecule has 1 unspecified atom stereocenters. The molecule has 21 heavy (non-hydrogen) atoms. The first kappa shape index (κ1) is 13.7. The number of aromatic nitrogens is 3. The Kier molecular flexibility index (Phi) is 3.92. The SMILES string of the molecule is CC(N)CCCc1nc(-c2ccc3ccccc3n2)no1. The third-order valence-electron chi connectivity index (χ3n) is 3.35. The molecule has 0 aliphatic carbocycles. The molecular formula is C16H18N4O. The topological polar surface area (TPSA) is 77.8 Å². The van der Waals surface area contributed by atoms with E-state index in [0.29, 0.717) is 11.7 Å². The van der Waals surface area contributed by atoms with Crippen molar-refractivity contribution in [1.82, 2.24) is 15.1 Å². The second-order valence-corrected chi connectivity index (χ2v) is 5.27. The molecule has 5 heteroatoms. The zero-order valence-electron chi connectivity index (χ0n) is 12.0. The van der Waals surface area contributed by atoms with Crippen LogP contribution in [-0.4, -0.2) is 21.2 Å². The van der Waals surface area contributed by atoms with Crippen molar-refractivity contribution in [3.05, 3.63) is 42.3 Å². The summed E-state index contributed by atoms with van der Waals surface area (Å²) in [6.45, 7) is 2.00. The van der Waals surface area contributed by atoms with Crippen LogP contribution in [0.3, 0.4) is 0 Å². The number of hydrogen-bond acceptors (Lipinski definition) is 5. The Labute approximate surface area is 123 Å². The van der Waals surface area contributed by atoms with Crippen LogP contribution in [0.25, 0.3) is 22.4 Å². The first-order chi connectivity index (χ1) is 10.2. The lowest BCUT2D eigenvalue weighted by molar-refractivity contribution is 0.373. The standard InChI is InChI=1S/C16H18N4O/c1-11(17)5-4-8-15-19-16(20-21-15)14-10-9-12-6-2-3-7-13(12)18-14/h2-3,6-7,9-11H,4-5,8,17H2,1H3. The Hall–Kier alpha value is -2.27. The van der Waals surface area contributed by atoms with Crippen molar-refractivity contribution in [3.8, 4) is 11.5 Å². The van der Waals surface area contributed by atoms with Crippen molar-refractivity contribution in [2.24, 2.45) is 5.73 Å². The molecule has 3 rings (SSSR count). The van der Waals surface area contributed by atoms with E-state index < -0.39 is 0 Å². The Morgan fingerprint density at radius 2 is 2.00 bits per heavy atom. The smallest absolute Gasteiger partial charge is 0.227 e. The molecule has 0 radical (unpaired) electrons. The van der Waals surface area contributed by atoms with Gasteiger partial charge in [-0.25, -0.2) is 4.98 Å². The van der Waals surface area contributed by atoms with Gasteiger partial charge in [-0.05, 0) is 31.9 Å². The maximum absolute atomic E-state index is 5.73. The van der Waals surface area contributed by atoms with E-state index >= 15 is 0 Å². The molecule has 2 heterocycles. The predicted molar refractivity (Wildman–Crippen MR) is 81.6 cm³/mol. The first-order valence-electron chi connectivity index (χ1n) is 7.17. The van der Waals surface area contributed by atoms with E-state index in [9.17, 15) is 0 Å². The number of benzene rings is 1. The highest BCUT2D eigenvalue weighted by Crippen LogP contribution is 2.19. The molecule has 0 saturated carbocycles. The predicted octanol–water partition coefficient (Wildman–Crippen LogP) is 2.95. The summed E-state index contributed by atoms with van der Waals surface area (Å²) in [5, 5.41) is 5.11. The average molecular weight is 282 g/mol. The van der Waals surface area contributed by atoms with Crippen LogP contribution in [-0.2, 0) is 6.42 Å².